The van der Waals surface area contributed by atoms with Crippen molar-refractivity contribution in [2.45, 2.75) is 19.8 Å². The summed E-state index contributed by atoms with van der Waals surface area (Å²) in [5.41, 5.74) is 0.542. The zero-order valence-electron chi connectivity index (χ0n) is 15.3. The van der Waals surface area contributed by atoms with Crippen LogP contribution in [0.15, 0.2) is 30.9 Å². The molecule has 2 aliphatic heterocycles. The predicted octanol–water partition coefficient (Wildman–Crippen LogP) is 1.88. The number of piperidine rings is 1. The fourth-order valence-corrected chi connectivity index (χ4v) is 3.27. The van der Waals surface area contributed by atoms with Gasteiger partial charge in [-0.05, 0) is 37.0 Å². The van der Waals surface area contributed by atoms with E-state index in [9.17, 15) is 19.2 Å². The zero-order chi connectivity index (χ0) is 19.6. The molecule has 0 aromatic heterocycles. The molecular weight excluding hydrogens is 348 g/mol. The fraction of sp³-hybridized carbons (Fsp3) is 0.400. The monoisotopic (exact) mass is 370 g/mol. The molecule has 0 N–H and O–H groups in total. The number of ether oxygens (including phenoxy) is 1. The summed E-state index contributed by atoms with van der Waals surface area (Å²) in [6.07, 6.45) is 3.35. The van der Waals surface area contributed by atoms with E-state index in [4.69, 9.17) is 4.74 Å². The van der Waals surface area contributed by atoms with Crippen LogP contribution in [0.25, 0.3) is 0 Å². The largest absolute Gasteiger partial charge is 0.452 e. The number of imide groups is 1. The summed E-state index contributed by atoms with van der Waals surface area (Å²) < 4.78 is 5.11. The number of hydrogen-bond acceptors (Lipinski definition) is 5. The van der Waals surface area contributed by atoms with E-state index >= 15 is 0 Å². The molecule has 2 heterocycles. The van der Waals surface area contributed by atoms with Gasteiger partial charge >= 0.3 is 5.97 Å². The van der Waals surface area contributed by atoms with Gasteiger partial charge in [-0.1, -0.05) is 13.0 Å². The summed E-state index contributed by atoms with van der Waals surface area (Å²) in [5, 5.41) is 0. The lowest BCUT2D eigenvalue weighted by molar-refractivity contribution is -0.135. The van der Waals surface area contributed by atoms with Crippen LogP contribution in [-0.4, -0.2) is 59.7 Å². The molecule has 0 bridgehead atoms. The standard InChI is InChI=1S/C20H22N2O5/c1-3-8-22-18(24)15-5-4-14(11-16(15)19(22)25)20(26)27-12-17(23)21-9-6-13(2)7-10-21/h3-5,11,13H,1,6-10,12H2,2H3. The van der Waals surface area contributed by atoms with Crippen molar-refractivity contribution in [2.75, 3.05) is 26.2 Å². The Morgan fingerprint density at radius 3 is 2.52 bits per heavy atom. The molecule has 0 aliphatic carbocycles. The van der Waals surface area contributed by atoms with Crippen LogP contribution in [0, 0.1) is 5.92 Å². The lowest BCUT2D eigenvalue weighted by Crippen LogP contribution is -2.40. The quantitative estimate of drug-likeness (QED) is 0.449. The highest BCUT2D eigenvalue weighted by Crippen LogP contribution is 2.24. The van der Waals surface area contributed by atoms with Gasteiger partial charge in [0.1, 0.15) is 0 Å². The topological polar surface area (TPSA) is 84.0 Å². The van der Waals surface area contributed by atoms with E-state index in [0.717, 1.165) is 17.7 Å². The molecule has 27 heavy (non-hydrogen) atoms. The lowest BCUT2D eigenvalue weighted by Gasteiger charge is -2.30. The summed E-state index contributed by atoms with van der Waals surface area (Å²) in [5.74, 6) is -1.20. The fourth-order valence-electron chi connectivity index (χ4n) is 3.27. The Hall–Kier alpha value is -2.96. The maximum atomic E-state index is 12.3. The first-order valence-corrected chi connectivity index (χ1v) is 8.98. The van der Waals surface area contributed by atoms with Crippen LogP contribution >= 0.6 is 0 Å². The Balaban J connectivity index is 1.63. The van der Waals surface area contributed by atoms with Crippen LogP contribution in [0.1, 0.15) is 50.8 Å². The van der Waals surface area contributed by atoms with Gasteiger partial charge in [-0.25, -0.2) is 4.79 Å². The summed E-state index contributed by atoms with van der Waals surface area (Å²) in [6, 6.07) is 4.20. The Morgan fingerprint density at radius 2 is 1.85 bits per heavy atom. The molecule has 0 spiro atoms. The number of esters is 1. The maximum Gasteiger partial charge on any atom is 0.338 e. The average molecular weight is 370 g/mol. The van der Waals surface area contributed by atoms with E-state index in [-0.39, 0.29) is 35.7 Å². The van der Waals surface area contributed by atoms with Crippen molar-refractivity contribution in [1.29, 1.82) is 0 Å². The SMILES string of the molecule is C=CCN1C(=O)c2ccc(C(=O)OCC(=O)N3CCC(C)CC3)cc2C1=O. The zero-order valence-corrected chi connectivity index (χ0v) is 15.3. The van der Waals surface area contributed by atoms with E-state index in [0.29, 0.717) is 19.0 Å². The van der Waals surface area contributed by atoms with Crippen molar-refractivity contribution in [3.05, 3.63) is 47.5 Å². The normalized spacial score (nSPS) is 17.1. The van der Waals surface area contributed by atoms with Gasteiger partial charge in [0.2, 0.25) is 0 Å². The first-order chi connectivity index (χ1) is 12.9. The van der Waals surface area contributed by atoms with E-state index in [2.05, 4.69) is 13.5 Å². The van der Waals surface area contributed by atoms with Crippen molar-refractivity contribution in [3.8, 4) is 0 Å². The number of fused-ring (bicyclic) bond motifs is 1. The van der Waals surface area contributed by atoms with Crippen molar-refractivity contribution in [2.24, 2.45) is 5.92 Å². The molecule has 2 aliphatic rings. The minimum absolute atomic E-state index is 0.106. The molecule has 7 nitrogen and oxygen atoms in total. The second-order valence-electron chi connectivity index (χ2n) is 6.91. The van der Waals surface area contributed by atoms with Crippen LogP contribution < -0.4 is 0 Å². The van der Waals surface area contributed by atoms with Gasteiger partial charge in [0, 0.05) is 19.6 Å². The first kappa shape index (κ1) is 18.8. The van der Waals surface area contributed by atoms with Gasteiger partial charge in [0.05, 0.1) is 16.7 Å². The summed E-state index contributed by atoms with van der Waals surface area (Å²) in [4.78, 5) is 51.7. The Morgan fingerprint density at radius 1 is 1.19 bits per heavy atom. The number of hydrogen-bond donors (Lipinski definition) is 0. The highest BCUT2D eigenvalue weighted by molar-refractivity contribution is 6.22. The summed E-state index contributed by atoms with van der Waals surface area (Å²) in [6.45, 7) is 6.80. The second-order valence-corrected chi connectivity index (χ2v) is 6.91. The highest BCUT2D eigenvalue weighted by Gasteiger charge is 2.35. The minimum atomic E-state index is -0.695. The molecule has 1 aromatic rings. The van der Waals surface area contributed by atoms with Crippen LogP contribution in [0.3, 0.4) is 0 Å². The Bertz CT molecular complexity index is 809. The molecule has 0 atom stereocenters. The van der Waals surface area contributed by atoms with Gasteiger partial charge in [-0.15, -0.1) is 6.58 Å². The van der Waals surface area contributed by atoms with E-state index in [1.807, 2.05) is 0 Å². The molecule has 0 saturated carbocycles. The molecule has 0 unspecified atom stereocenters. The molecule has 1 fully saturated rings. The number of rotatable bonds is 5. The summed E-state index contributed by atoms with van der Waals surface area (Å²) in [7, 11) is 0. The smallest absolute Gasteiger partial charge is 0.338 e. The Labute approximate surface area is 157 Å². The highest BCUT2D eigenvalue weighted by atomic mass is 16.5. The average Bonchev–Trinajstić information content (AvgIpc) is 2.91. The van der Waals surface area contributed by atoms with Crippen molar-refractivity contribution in [3.63, 3.8) is 0 Å². The van der Waals surface area contributed by atoms with Gasteiger partial charge < -0.3 is 9.64 Å². The molecule has 3 rings (SSSR count). The molecular formula is C20H22N2O5. The third-order valence-corrected chi connectivity index (χ3v) is 4.98. The molecule has 1 saturated heterocycles. The maximum absolute atomic E-state index is 12.3. The lowest BCUT2D eigenvalue weighted by atomic mass is 9.99. The van der Waals surface area contributed by atoms with E-state index in [1.165, 1.54) is 24.3 Å². The van der Waals surface area contributed by atoms with Crippen LogP contribution in [0.4, 0.5) is 0 Å². The molecule has 1 aromatic carbocycles. The number of carbonyl (C=O) groups is 4. The number of carbonyl (C=O) groups excluding carboxylic acids is 4. The number of amides is 3. The van der Waals surface area contributed by atoms with Crippen molar-refractivity contribution < 1.29 is 23.9 Å². The minimum Gasteiger partial charge on any atom is -0.452 e. The Kier molecular flexibility index (Phi) is 5.39. The van der Waals surface area contributed by atoms with Crippen molar-refractivity contribution >= 4 is 23.7 Å². The molecule has 0 radical (unpaired) electrons. The number of benzene rings is 1. The van der Waals surface area contributed by atoms with Crippen LogP contribution in [0.2, 0.25) is 0 Å². The first-order valence-electron chi connectivity index (χ1n) is 8.98. The van der Waals surface area contributed by atoms with Gasteiger partial charge in [0.25, 0.3) is 17.7 Å². The second kappa shape index (κ2) is 7.73. The number of nitrogens with zero attached hydrogens (tertiary/aromatic N) is 2. The third kappa shape index (κ3) is 3.77. The molecule has 142 valence electrons. The number of likely N-dealkylation sites (tertiary alicyclic amines) is 1. The van der Waals surface area contributed by atoms with Gasteiger partial charge in [-0.3, -0.25) is 19.3 Å². The summed E-state index contributed by atoms with van der Waals surface area (Å²) >= 11 is 0. The van der Waals surface area contributed by atoms with Crippen molar-refractivity contribution in [1.82, 2.24) is 9.80 Å². The van der Waals surface area contributed by atoms with E-state index in [1.54, 1.807) is 4.90 Å². The van der Waals surface area contributed by atoms with E-state index < -0.39 is 17.8 Å². The molecule has 3 amide bonds. The van der Waals surface area contributed by atoms with Gasteiger partial charge in [0.15, 0.2) is 6.61 Å². The van der Waals surface area contributed by atoms with Gasteiger partial charge in [-0.2, -0.15) is 0 Å². The van der Waals surface area contributed by atoms with Crippen LogP contribution in [-0.2, 0) is 9.53 Å². The predicted molar refractivity (Wildman–Crippen MR) is 97.3 cm³/mol. The third-order valence-electron chi connectivity index (χ3n) is 4.98. The van der Waals surface area contributed by atoms with Crippen LogP contribution in [0.5, 0.6) is 0 Å². The molecule has 7 heteroatoms.